The Morgan fingerprint density at radius 3 is 2.76 bits per heavy atom. The highest BCUT2D eigenvalue weighted by molar-refractivity contribution is 8.16. The third kappa shape index (κ3) is 3.47. The molecule has 1 aromatic carbocycles. The molecule has 29 heavy (non-hydrogen) atoms. The van der Waals surface area contributed by atoms with Gasteiger partial charge < -0.3 is 19.3 Å². The van der Waals surface area contributed by atoms with Crippen LogP contribution in [0.25, 0.3) is 5.70 Å². The van der Waals surface area contributed by atoms with Gasteiger partial charge >= 0.3 is 11.9 Å². The number of methoxy groups -OCH3 is 2. The molecule has 0 unspecified atom stereocenters. The zero-order chi connectivity index (χ0) is 20.4. The van der Waals surface area contributed by atoms with Crippen LogP contribution in [-0.2, 0) is 19.1 Å². The molecule has 8 heteroatoms. The van der Waals surface area contributed by atoms with Crippen LogP contribution in [0.15, 0.2) is 70.4 Å². The highest BCUT2D eigenvalue weighted by atomic mass is 32.2. The van der Waals surface area contributed by atoms with Crippen molar-refractivity contribution in [3.05, 3.63) is 70.9 Å². The highest BCUT2D eigenvalue weighted by Gasteiger charge is 2.29. The number of esters is 2. The number of thioether (sulfide) groups is 1. The zero-order valence-corrected chi connectivity index (χ0v) is 16.8. The molecule has 0 fully saturated rings. The number of aliphatic imine (C=N–C) groups is 1. The highest BCUT2D eigenvalue weighted by Crippen LogP contribution is 2.37. The summed E-state index contributed by atoms with van der Waals surface area (Å²) in [7, 11) is 2.56. The van der Waals surface area contributed by atoms with Crippen molar-refractivity contribution in [2.24, 2.45) is 4.99 Å². The van der Waals surface area contributed by atoms with E-state index < -0.39 is 11.9 Å². The van der Waals surface area contributed by atoms with Crippen molar-refractivity contribution in [3.63, 3.8) is 0 Å². The van der Waals surface area contributed by atoms with Gasteiger partial charge in [0.05, 0.1) is 32.0 Å². The quantitative estimate of drug-likeness (QED) is 0.708. The molecule has 0 amide bonds. The summed E-state index contributed by atoms with van der Waals surface area (Å²) in [4.78, 5) is 33.2. The third-order valence-corrected chi connectivity index (χ3v) is 5.58. The fourth-order valence-electron chi connectivity index (χ4n) is 3.33. The summed E-state index contributed by atoms with van der Waals surface area (Å²) < 4.78 is 9.82. The number of fused-ring (bicyclic) bond motifs is 1. The lowest BCUT2D eigenvalue weighted by Crippen LogP contribution is -2.27. The Hall–Kier alpha value is -3.26. The number of allylic oxidation sites excluding steroid dienone is 2. The number of rotatable bonds is 4. The fourth-order valence-corrected chi connectivity index (χ4v) is 4.29. The van der Waals surface area contributed by atoms with Gasteiger partial charge in [-0.3, -0.25) is 4.99 Å². The monoisotopic (exact) mass is 409 g/mol. The van der Waals surface area contributed by atoms with Crippen LogP contribution in [0.5, 0.6) is 0 Å². The minimum Gasteiger partial charge on any atom is -0.465 e. The Labute approximate surface area is 172 Å². The van der Waals surface area contributed by atoms with E-state index in [1.807, 2.05) is 24.3 Å². The Balaban J connectivity index is 1.77. The van der Waals surface area contributed by atoms with E-state index in [0.717, 1.165) is 35.2 Å². The molecule has 7 nitrogen and oxygen atoms in total. The number of hydrogen-bond donors (Lipinski definition) is 0. The Kier molecular flexibility index (Phi) is 5.26. The van der Waals surface area contributed by atoms with E-state index in [4.69, 9.17) is 9.47 Å². The fraction of sp³-hybridized carbons (Fsp3) is 0.190. The Bertz CT molecular complexity index is 1020. The average Bonchev–Trinajstić information content (AvgIpc) is 3.30. The molecule has 0 saturated carbocycles. The van der Waals surface area contributed by atoms with Gasteiger partial charge in [0.25, 0.3) is 0 Å². The van der Waals surface area contributed by atoms with Crippen LogP contribution in [0.3, 0.4) is 0 Å². The molecule has 3 aliphatic rings. The second-order valence-electron chi connectivity index (χ2n) is 6.30. The summed E-state index contributed by atoms with van der Waals surface area (Å²) in [6, 6.07) is 7.78. The van der Waals surface area contributed by atoms with Crippen molar-refractivity contribution in [1.29, 1.82) is 0 Å². The van der Waals surface area contributed by atoms with E-state index in [9.17, 15) is 9.59 Å². The molecule has 0 aliphatic carbocycles. The van der Waals surface area contributed by atoms with E-state index in [2.05, 4.69) is 15.3 Å². The number of hydrogen-bond acceptors (Lipinski definition) is 8. The Morgan fingerprint density at radius 2 is 1.97 bits per heavy atom. The van der Waals surface area contributed by atoms with Crippen LogP contribution in [0, 0.1) is 0 Å². The van der Waals surface area contributed by atoms with Crippen LogP contribution in [0.1, 0.15) is 5.56 Å². The van der Waals surface area contributed by atoms with Crippen molar-refractivity contribution in [3.8, 4) is 0 Å². The molecule has 0 saturated heterocycles. The van der Waals surface area contributed by atoms with Gasteiger partial charge in [0.15, 0.2) is 5.17 Å². The van der Waals surface area contributed by atoms with Crippen molar-refractivity contribution in [2.75, 3.05) is 32.2 Å². The minimum absolute atomic E-state index is 0.0969. The number of anilines is 1. The summed E-state index contributed by atoms with van der Waals surface area (Å²) >= 11 is 1.61. The molecular weight excluding hydrogens is 390 g/mol. The molecular formula is C21H19N3O4S. The third-order valence-electron chi connectivity index (χ3n) is 4.68. The lowest BCUT2D eigenvalue weighted by Gasteiger charge is -2.24. The van der Waals surface area contributed by atoms with Crippen LogP contribution in [0.2, 0.25) is 0 Å². The second kappa shape index (κ2) is 8.00. The van der Waals surface area contributed by atoms with Gasteiger partial charge in [0, 0.05) is 29.4 Å². The summed E-state index contributed by atoms with van der Waals surface area (Å²) in [5.41, 5.74) is 3.01. The van der Waals surface area contributed by atoms with Gasteiger partial charge in [-0.1, -0.05) is 30.0 Å². The average molecular weight is 409 g/mol. The zero-order valence-electron chi connectivity index (χ0n) is 16.0. The summed E-state index contributed by atoms with van der Waals surface area (Å²) in [6.45, 7) is 1.64. The van der Waals surface area contributed by atoms with E-state index in [-0.39, 0.29) is 11.3 Å². The van der Waals surface area contributed by atoms with Crippen LogP contribution >= 0.6 is 11.8 Å². The van der Waals surface area contributed by atoms with E-state index in [1.165, 1.54) is 14.2 Å². The van der Waals surface area contributed by atoms with Gasteiger partial charge in [-0.2, -0.15) is 0 Å². The van der Waals surface area contributed by atoms with E-state index in [0.29, 0.717) is 0 Å². The molecule has 3 aliphatic heterocycles. The predicted octanol–water partition coefficient (Wildman–Crippen LogP) is 2.89. The van der Waals surface area contributed by atoms with Gasteiger partial charge in [-0.25, -0.2) is 9.59 Å². The maximum atomic E-state index is 12.6. The standard InChI is InChI=1S/C21H19N3O4S/c1-27-19(25)16-8-3-4-10-23(18(16)20(26)28-2)15-7-5-6-14(12-15)17-13-29-21-22-9-11-24(17)21/h3-8,10,12-13H,9,11H2,1-2H3. The van der Waals surface area contributed by atoms with E-state index >= 15 is 0 Å². The molecule has 0 bridgehead atoms. The maximum Gasteiger partial charge on any atom is 0.355 e. The maximum absolute atomic E-state index is 12.6. The van der Waals surface area contributed by atoms with Gasteiger partial charge in [0.2, 0.25) is 0 Å². The van der Waals surface area contributed by atoms with Gasteiger partial charge in [-0.15, -0.1) is 0 Å². The number of carbonyl (C=O) groups excluding carboxylic acids is 2. The molecule has 0 atom stereocenters. The summed E-state index contributed by atoms with van der Waals surface area (Å²) in [5, 5.41) is 3.08. The minimum atomic E-state index is -0.628. The first kappa shape index (κ1) is 19.1. The van der Waals surface area contributed by atoms with Crippen LogP contribution in [0.4, 0.5) is 5.69 Å². The summed E-state index contributed by atoms with van der Waals surface area (Å²) in [6.07, 6.45) is 6.70. The first-order valence-corrected chi connectivity index (χ1v) is 9.86. The second-order valence-corrected chi connectivity index (χ2v) is 7.14. The Morgan fingerprint density at radius 1 is 1.14 bits per heavy atom. The molecule has 0 N–H and O–H groups in total. The summed E-state index contributed by atoms with van der Waals surface area (Å²) in [5.74, 6) is -1.24. The van der Waals surface area contributed by atoms with Crippen molar-refractivity contribution >= 4 is 40.3 Å². The first-order valence-electron chi connectivity index (χ1n) is 8.98. The molecule has 0 spiro atoms. The topological polar surface area (TPSA) is 71.4 Å². The number of ether oxygens (including phenoxy) is 2. The number of benzene rings is 1. The van der Waals surface area contributed by atoms with E-state index in [1.54, 1.807) is 41.1 Å². The molecule has 3 heterocycles. The van der Waals surface area contributed by atoms with Crippen LogP contribution in [-0.4, -0.2) is 49.3 Å². The molecule has 0 aromatic heterocycles. The normalized spacial score (nSPS) is 17.7. The van der Waals surface area contributed by atoms with Crippen molar-refractivity contribution in [2.45, 2.75) is 0 Å². The first-order chi connectivity index (χ1) is 14.1. The number of amidine groups is 1. The van der Waals surface area contributed by atoms with Crippen molar-refractivity contribution in [1.82, 2.24) is 4.90 Å². The van der Waals surface area contributed by atoms with Crippen LogP contribution < -0.4 is 4.90 Å². The molecule has 4 rings (SSSR count). The van der Waals surface area contributed by atoms with Gasteiger partial charge in [0.1, 0.15) is 5.70 Å². The predicted molar refractivity (Wildman–Crippen MR) is 113 cm³/mol. The lowest BCUT2D eigenvalue weighted by molar-refractivity contribution is -0.139. The van der Waals surface area contributed by atoms with Crippen molar-refractivity contribution < 1.29 is 19.1 Å². The lowest BCUT2D eigenvalue weighted by atomic mass is 10.1. The van der Waals surface area contributed by atoms with Gasteiger partial charge in [-0.05, 0) is 24.3 Å². The number of nitrogens with zero attached hydrogens (tertiary/aromatic N) is 3. The molecule has 0 radical (unpaired) electrons. The molecule has 1 aromatic rings. The number of carbonyl (C=O) groups is 2. The SMILES string of the molecule is COC(=O)C1=C(C(=O)OC)N(c2cccc(C3=CSC4=NCCN34)c2)C=CC=C1. The molecule has 148 valence electrons. The largest absolute Gasteiger partial charge is 0.465 e. The smallest absolute Gasteiger partial charge is 0.355 e.